The zero-order valence-corrected chi connectivity index (χ0v) is 12.0. The Morgan fingerprint density at radius 3 is 2.62 bits per heavy atom. The molecule has 1 aliphatic heterocycles. The van der Waals surface area contributed by atoms with Crippen LogP contribution in [-0.4, -0.2) is 29.0 Å². The molecule has 0 aliphatic carbocycles. The van der Waals surface area contributed by atoms with Crippen LogP contribution in [0.25, 0.3) is 22.0 Å². The van der Waals surface area contributed by atoms with Crippen molar-refractivity contribution in [2.75, 3.05) is 14.2 Å². The molecule has 0 saturated carbocycles. The lowest BCUT2D eigenvalue weighted by Crippen LogP contribution is -2.10. The fourth-order valence-corrected chi connectivity index (χ4v) is 3.08. The Hall–Kier alpha value is -2.56. The standard InChI is InChI=1S/C16H15N3O2/c1-20-14-5-10-3-4-19-9-11-7-17-18-8-13(11)16(19)12(10)6-15(14)21-2/h5-9H,3-4H2,1-2H3. The lowest BCUT2D eigenvalue weighted by molar-refractivity contribution is 0.354. The molecule has 1 aromatic carbocycles. The molecule has 0 unspecified atom stereocenters. The Labute approximate surface area is 122 Å². The average molecular weight is 281 g/mol. The van der Waals surface area contributed by atoms with Gasteiger partial charge < -0.3 is 14.0 Å². The summed E-state index contributed by atoms with van der Waals surface area (Å²) in [5, 5.41) is 10.2. The first kappa shape index (κ1) is 12.2. The normalized spacial score (nSPS) is 12.9. The number of rotatable bonds is 2. The molecule has 0 atom stereocenters. The molecule has 2 aromatic heterocycles. The second kappa shape index (κ2) is 4.48. The van der Waals surface area contributed by atoms with Crippen molar-refractivity contribution in [3.63, 3.8) is 0 Å². The molecule has 0 bridgehead atoms. The van der Waals surface area contributed by atoms with Crippen molar-refractivity contribution in [1.29, 1.82) is 0 Å². The molecule has 5 nitrogen and oxygen atoms in total. The molecule has 21 heavy (non-hydrogen) atoms. The molecule has 0 saturated heterocycles. The SMILES string of the molecule is COc1cc2c(cc1OC)-c1c3cnncc3cn1CC2. The third kappa shape index (κ3) is 1.70. The van der Waals surface area contributed by atoms with Gasteiger partial charge in [0.15, 0.2) is 11.5 Å². The quantitative estimate of drug-likeness (QED) is 0.724. The Morgan fingerprint density at radius 1 is 1.05 bits per heavy atom. The lowest BCUT2D eigenvalue weighted by Gasteiger charge is -2.21. The maximum Gasteiger partial charge on any atom is 0.161 e. The highest BCUT2D eigenvalue weighted by atomic mass is 16.5. The van der Waals surface area contributed by atoms with Crippen LogP contribution in [0.2, 0.25) is 0 Å². The van der Waals surface area contributed by atoms with E-state index >= 15 is 0 Å². The summed E-state index contributed by atoms with van der Waals surface area (Å²) >= 11 is 0. The van der Waals surface area contributed by atoms with Gasteiger partial charge in [-0.05, 0) is 24.1 Å². The van der Waals surface area contributed by atoms with Gasteiger partial charge in [-0.15, -0.1) is 0 Å². The van der Waals surface area contributed by atoms with Crippen molar-refractivity contribution < 1.29 is 9.47 Å². The number of aromatic nitrogens is 3. The maximum absolute atomic E-state index is 5.44. The van der Waals surface area contributed by atoms with Gasteiger partial charge >= 0.3 is 0 Å². The van der Waals surface area contributed by atoms with E-state index in [-0.39, 0.29) is 0 Å². The van der Waals surface area contributed by atoms with E-state index in [2.05, 4.69) is 33.1 Å². The van der Waals surface area contributed by atoms with Crippen molar-refractivity contribution in [2.24, 2.45) is 0 Å². The average Bonchev–Trinajstić information content (AvgIpc) is 2.92. The predicted octanol–water partition coefficient (Wildman–Crippen LogP) is 2.67. The van der Waals surface area contributed by atoms with Gasteiger partial charge in [0.05, 0.1) is 32.3 Å². The molecule has 0 N–H and O–H groups in total. The molecule has 3 aromatic rings. The molecule has 4 rings (SSSR count). The molecule has 5 heteroatoms. The summed E-state index contributed by atoms with van der Waals surface area (Å²) in [5.74, 6) is 1.53. The maximum atomic E-state index is 5.44. The highest BCUT2D eigenvalue weighted by Gasteiger charge is 2.22. The van der Waals surface area contributed by atoms with Gasteiger partial charge in [0, 0.05) is 29.1 Å². The molecule has 0 spiro atoms. The second-order valence-corrected chi connectivity index (χ2v) is 5.14. The zero-order chi connectivity index (χ0) is 14.4. The van der Waals surface area contributed by atoms with Crippen LogP contribution in [0.1, 0.15) is 5.56 Å². The van der Waals surface area contributed by atoms with Crippen molar-refractivity contribution in [1.82, 2.24) is 14.8 Å². The molecule has 106 valence electrons. The van der Waals surface area contributed by atoms with Gasteiger partial charge in [-0.1, -0.05) is 0 Å². The highest BCUT2D eigenvalue weighted by molar-refractivity contribution is 5.96. The van der Waals surface area contributed by atoms with Crippen molar-refractivity contribution in [2.45, 2.75) is 13.0 Å². The van der Waals surface area contributed by atoms with Gasteiger partial charge in [-0.3, -0.25) is 0 Å². The van der Waals surface area contributed by atoms with Crippen LogP contribution in [0.15, 0.2) is 30.7 Å². The van der Waals surface area contributed by atoms with Gasteiger partial charge in [0.2, 0.25) is 0 Å². The first-order valence-corrected chi connectivity index (χ1v) is 6.86. The number of aryl methyl sites for hydroxylation is 2. The van der Waals surface area contributed by atoms with E-state index in [1.54, 1.807) is 20.4 Å². The van der Waals surface area contributed by atoms with Crippen LogP contribution in [0.4, 0.5) is 0 Å². The van der Waals surface area contributed by atoms with Crippen molar-refractivity contribution in [3.8, 4) is 22.8 Å². The Bertz CT molecular complexity index is 839. The van der Waals surface area contributed by atoms with E-state index in [1.807, 2.05) is 6.20 Å². The predicted molar refractivity (Wildman–Crippen MR) is 79.8 cm³/mol. The Balaban J connectivity index is 2.03. The van der Waals surface area contributed by atoms with Crippen molar-refractivity contribution >= 4 is 10.8 Å². The minimum atomic E-state index is 0.751. The number of hydrogen-bond donors (Lipinski definition) is 0. The minimum Gasteiger partial charge on any atom is -0.493 e. The molecular formula is C16H15N3O2. The lowest BCUT2D eigenvalue weighted by atomic mass is 9.96. The number of fused-ring (bicyclic) bond motifs is 5. The first-order chi connectivity index (χ1) is 10.3. The fourth-order valence-electron chi connectivity index (χ4n) is 3.08. The topological polar surface area (TPSA) is 49.2 Å². The Morgan fingerprint density at radius 2 is 1.81 bits per heavy atom. The van der Waals surface area contributed by atoms with E-state index in [4.69, 9.17) is 9.47 Å². The van der Waals surface area contributed by atoms with Crippen LogP contribution >= 0.6 is 0 Å². The van der Waals surface area contributed by atoms with E-state index in [0.717, 1.165) is 35.2 Å². The largest absolute Gasteiger partial charge is 0.493 e. The van der Waals surface area contributed by atoms with Gasteiger partial charge in [0.25, 0.3) is 0 Å². The Kier molecular flexibility index (Phi) is 2.60. The number of ether oxygens (including phenoxy) is 2. The number of hydrogen-bond acceptors (Lipinski definition) is 4. The molecular weight excluding hydrogens is 266 g/mol. The van der Waals surface area contributed by atoms with E-state index < -0.39 is 0 Å². The molecule has 0 radical (unpaired) electrons. The second-order valence-electron chi connectivity index (χ2n) is 5.14. The summed E-state index contributed by atoms with van der Waals surface area (Å²) in [5.41, 5.74) is 3.64. The fraction of sp³-hybridized carbons (Fsp3) is 0.250. The summed E-state index contributed by atoms with van der Waals surface area (Å²) in [6.45, 7) is 0.951. The van der Waals surface area contributed by atoms with Gasteiger partial charge in [-0.25, -0.2) is 0 Å². The molecule has 3 heterocycles. The summed E-state index contributed by atoms with van der Waals surface area (Å²) in [6.07, 6.45) is 6.75. The molecule has 0 amide bonds. The minimum absolute atomic E-state index is 0.751. The van der Waals surface area contributed by atoms with Crippen LogP contribution in [0.3, 0.4) is 0 Å². The van der Waals surface area contributed by atoms with E-state index in [1.165, 1.54) is 16.8 Å². The van der Waals surface area contributed by atoms with Crippen LogP contribution in [0, 0.1) is 0 Å². The van der Waals surface area contributed by atoms with E-state index in [9.17, 15) is 0 Å². The van der Waals surface area contributed by atoms with Crippen LogP contribution < -0.4 is 9.47 Å². The van der Waals surface area contributed by atoms with Crippen LogP contribution in [0.5, 0.6) is 11.5 Å². The van der Waals surface area contributed by atoms with E-state index in [0.29, 0.717) is 0 Å². The molecule has 1 aliphatic rings. The zero-order valence-electron chi connectivity index (χ0n) is 12.0. The van der Waals surface area contributed by atoms with Gasteiger partial charge in [-0.2, -0.15) is 10.2 Å². The summed E-state index contributed by atoms with van der Waals surface area (Å²) in [7, 11) is 3.33. The number of benzene rings is 1. The summed E-state index contributed by atoms with van der Waals surface area (Å²) in [4.78, 5) is 0. The van der Waals surface area contributed by atoms with Crippen LogP contribution in [-0.2, 0) is 13.0 Å². The number of nitrogens with zero attached hydrogens (tertiary/aromatic N) is 3. The third-order valence-electron chi connectivity index (χ3n) is 4.09. The van der Waals surface area contributed by atoms with Crippen molar-refractivity contribution in [3.05, 3.63) is 36.3 Å². The summed E-state index contributed by atoms with van der Waals surface area (Å²) in [6, 6.07) is 4.13. The monoisotopic (exact) mass is 281 g/mol. The smallest absolute Gasteiger partial charge is 0.161 e. The molecule has 0 fully saturated rings. The summed E-state index contributed by atoms with van der Waals surface area (Å²) < 4.78 is 13.1. The number of methoxy groups -OCH3 is 2. The highest BCUT2D eigenvalue weighted by Crippen LogP contribution is 2.41. The van der Waals surface area contributed by atoms with Gasteiger partial charge in [0.1, 0.15) is 0 Å². The first-order valence-electron chi connectivity index (χ1n) is 6.86. The third-order valence-corrected chi connectivity index (χ3v) is 4.09.